The first-order valence-electron chi connectivity index (χ1n) is 10.5. The summed E-state index contributed by atoms with van der Waals surface area (Å²) in [5, 5.41) is 4.14. The zero-order valence-electron chi connectivity index (χ0n) is 19.0. The zero-order valence-corrected chi connectivity index (χ0v) is 19.8. The van der Waals surface area contributed by atoms with Crippen LogP contribution >= 0.6 is 11.3 Å². The van der Waals surface area contributed by atoms with Crippen molar-refractivity contribution in [3.05, 3.63) is 53.9 Å². The number of aryl methyl sites for hydroxylation is 2. The molecule has 7 nitrogen and oxygen atoms in total. The first-order chi connectivity index (χ1) is 15.2. The fraction of sp³-hybridized carbons (Fsp3) is 0.333. The molecule has 3 N–H and O–H groups in total. The molecule has 0 radical (unpaired) electrons. The van der Waals surface area contributed by atoms with Crippen LogP contribution < -0.4 is 15.8 Å². The lowest BCUT2D eigenvalue weighted by Crippen LogP contribution is -2.40. The van der Waals surface area contributed by atoms with Crippen molar-refractivity contribution >= 4 is 33.2 Å². The molecule has 1 unspecified atom stereocenters. The quantitative estimate of drug-likeness (QED) is 0.415. The number of hydrogen-bond donors (Lipinski definition) is 2. The predicted octanol–water partition coefficient (Wildman–Crippen LogP) is 5.26. The van der Waals surface area contributed by atoms with Crippen LogP contribution in [0.25, 0.3) is 20.9 Å². The number of pyridine rings is 3. The molecule has 0 amide bonds. The van der Waals surface area contributed by atoms with Gasteiger partial charge in [-0.05, 0) is 37.0 Å². The van der Waals surface area contributed by atoms with Crippen molar-refractivity contribution in [1.29, 1.82) is 0 Å². The smallest absolute Gasteiger partial charge is 0.218 e. The molecule has 0 aliphatic heterocycles. The molecule has 32 heavy (non-hydrogen) atoms. The second kappa shape index (κ2) is 8.80. The van der Waals surface area contributed by atoms with Gasteiger partial charge in [-0.1, -0.05) is 32.9 Å². The number of nitrogens with two attached hydrogens (primary N) is 1. The molecule has 0 aliphatic rings. The monoisotopic (exact) mass is 448 g/mol. The number of aromatic nitrogens is 4. The first kappa shape index (κ1) is 22.1. The van der Waals surface area contributed by atoms with E-state index in [4.69, 9.17) is 15.5 Å². The van der Waals surface area contributed by atoms with E-state index >= 15 is 0 Å². The van der Waals surface area contributed by atoms with E-state index in [0.717, 1.165) is 32.0 Å². The van der Waals surface area contributed by atoms with Crippen molar-refractivity contribution in [3.63, 3.8) is 0 Å². The fourth-order valence-corrected chi connectivity index (χ4v) is 3.97. The molecule has 166 valence electrons. The number of hydrogen-bond acceptors (Lipinski definition) is 8. The highest BCUT2D eigenvalue weighted by Crippen LogP contribution is 2.31. The summed E-state index contributed by atoms with van der Waals surface area (Å²) in [4.78, 5) is 18.4. The molecule has 4 heterocycles. The molecule has 4 aromatic heterocycles. The van der Waals surface area contributed by atoms with Gasteiger partial charge in [0.05, 0.1) is 10.2 Å². The van der Waals surface area contributed by atoms with Crippen LogP contribution in [-0.2, 0) is 0 Å². The Morgan fingerprint density at radius 3 is 2.62 bits per heavy atom. The SMILES string of the molecule is Cc1ccc(Nc2cc3nc(-c4ncccc4C)sc3cn2)nc1OCC(N)C(C)(C)C. The molecule has 0 aliphatic carbocycles. The van der Waals surface area contributed by atoms with Crippen molar-refractivity contribution in [1.82, 2.24) is 19.9 Å². The summed E-state index contributed by atoms with van der Waals surface area (Å²) in [5.41, 5.74) is 10.0. The lowest BCUT2D eigenvalue weighted by molar-refractivity contribution is 0.199. The Labute approximate surface area is 192 Å². The molecule has 1 atom stereocenters. The molecule has 0 spiro atoms. The largest absolute Gasteiger partial charge is 0.476 e. The number of anilines is 2. The molecule has 0 fully saturated rings. The summed E-state index contributed by atoms with van der Waals surface area (Å²) >= 11 is 1.58. The van der Waals surface area contributed by atoms with E-state index in [1.54, 1.807) is 17.5 Å². The lowest BCUT2D eigenvalue weighted by atomic mass is 9.88. The second-order valence-corrected chi connectivity index (χ2v) is 9.98. The highest BCUT2D eigenvalue weighted by atomic mass is 32.1. The van der Waals surface area contributed by atoms with Crippen LogP contribution in [0.2, 0.25) is 0 Å². The van der Waals surface area contributed by atoms with Crippen LogP contribution in [0, 0.1) is 19.3 Å². The summed E-state index contributed by atoms with van der Waals surface area (Å²) in [6, 6.07) is 9.67. The molecule has 0 saturated heterocycles. The van der Waals surface area contributed by atoms with Gasteiger partial charge in [0.25, 0.3) is 0 Å². The summed E-state index contributed by atoms with van der Waals surface area (Å²) < 4.78 is 6.93. The van der Waals surface area contributed by atoms with Gasteiger partial charge in [-0.2, -0.15) is 4.98 Å². The van der Waals surface area contributed by atoms with Crippen molar-refractivity contribution in [3.8, 4) is 16.6 Å². The minimum absolute atomic E-state index is 0.0384. The Morgan fingerprint density at radius 2 is 1.88 bits per heavy atom. The maximum atomic E-state index is 6.23. The summed E-state index contributed by atoms with van der Waals surface area (Å²) in [6.45, 7) is 10.7. The highest BCUT2D eigenvalue weighted by Gasteiger charge is 2.21. The van der Waals surface area contributed by atoms with E-state index < -0.39 is 0 Å². The van der Waals surface area contributed by atoms with Crippen molar-refractivity contribution < 1.29 is 4.74 Å². The Morgan fingerprint density at radius 1 is 1.06 bits per heavy atom. The third-order valence-corrected chi connectivity index (χ3v) is 6.32. The number of nitrogens with zero attached hydrogens (tertiary/aromatic N) is 4. The van der Waals surface area contributed by atoms with E-state index in [-0.39, 0.29) is 11.5 Å². The highest BCUT2D eigenvalue weighted by molar-refractivity contribution is 7.21. The number of ether oxygens (including phenoxy) is 1. The molecule has 0 saturated carbocycles. The van der Waals surface area contributed by atoms with Crippen LogP contribution in [0.3, 0.4) is 0 Å². The number of rotatable bonds is 6. The minimum Gasteiger partial charge on any atom is -0.476 e. The van der Waals surface area contributed by atoms with Crippen molar-refractivity contribution in [2.75, 3.05) is 11.9 Å². The molecule has 0 bridgehead atoms. The maximum Gasteiger partial charge on any atom is 0.218 e. The molecule has 4 rings (SSSR count). The first-order valence-corrected chi connectivity index (χ1v) is 11.3. The predicted molar refractivity (Wildman–Crippen MR) is 131 cm³/mol. The van der Waals surface area contributed by atoms with Gasteiger partial charge in [0, 0.05) is 30.1 Å². The lowest BCUT2D eigenvalue weighted by Gasteiger charge is -2.26. The van der Waals surface area contributed by atoms with E-state index in [1.807, 2.05) is 50.4 Å². The van der Waals surface area contributed by atoms with Gasteiger partial charge >= 0.3 is 0 Å². The van der Waals surface area contributed by atoms with Gasteiger partial charge in [0.2, 0.25) is 5.88 Å². The second-order valence-electron chi connectivity index (χ2n) is 8.95. The average Bonchev–Trinajstić information content (AvgIpc) is 3.16. The Bertz CT molecular complexity index is 1250. The van der Waals surface area contributed by atoms with Gasteiger partial charge in [0.1, 0.15) is 28.9 Å². The molecular weight excluding hydrogens is 420 g/mol. The summed E-state index contributed by atoms with van der Waals surface area (Å²) in [5.74, 6) is 1.89. The third-order valence-electron chi connectivity index (χ3n) is 5.31. The molecule has 0 aromatic carbocycles. The van der Waals surface area contributed by atoms with Gasteiger partial charge < -0.3 is 15.8 Å². The van der Waals surface area contributed by atoms with Crippen LogP contribution in [0.15, 0.2) is 42.7 Å². The van der Waals surface area contributed by atoms with Crippen LogP contribution in [0.5, 0.6) is 5.88 Å². The van der Waals surface area contributed by atoms with Crippen LogP contribution in [0.4, 0.5) is 11.6 Å². The van der Waals surface area contributed by atoms with E-state index in [0.29, 0.717) is 24.1 Å². The number of thiazole rings is 1. The summed E-state index contributed by atoms with van der Waals surface area (Å²) in [7, 11) is 0. The standard InChI is InChI=1S/C24H28N6OS/c1-14-7-6-10-26-21(14)23-28-16-11-20(27-12-17(16)32-23)29-19-9-8-15(2)22(30-19)31-13-18(25)24(3,4)5/h6-12,18H,13,25H2,1-5H3,(H,27,29,30). The number of nitrogens with one attached hydrogen (secondary N) is 1. The van der Waals surface area contributed by atoms with E-state index in [9.17, 15) is 0 Å². The number of fused-ring (bicyclic) bond motifs is 1. The Balaban J connectivity index is 1.54. The van der Waals surface area contributed by atoms with E-state index in [1.165, 1.54) is 0 Å². The van der Waals surface area contributed by atoms with Crippen LogP contribution in [-0.4, -0.2) is 32.6 Å². The normalized spacial score (nSPS) is 12.7. The molecule has 4 aromatic rings. The van der Waals surface area contributed by atoms with Gasteiger partial charge in [-0.3, -0.25) is 4.98 Å². The molecular formula is C24H28N6OS. The Hall–Kier alpha value is -3.10. The zero-order chi connectivity index (χ0) is 22.9. The molecule has 8 heteroatoms. The van der Waals surface area contributed by atoms with Gasteiger partial charge in [0.15, 0.2) is 0 Å². The average molecular weight is 449 g/mol. The van der Waals surface area contributed by atoms with Crippen molar-refractivity contribution in [2.24, 2.45) is 11.1 Å². The maximum absolute atomic E-state index is 6.23. The van der Waals surface area contributed by atoms with Gasteiger partial charge in [-0.15, -0.1) is 11.3 Å². The van der Waals surface area contributed by atoms with Gasteiger partial charge in [-0.25, -0.2) is 9.97 Å². The fourth-order valence-electron chi connectivity index (χ4n) is 2.99. The third kappa shape index (κ3) is 4.87. The Kier molecular flexibility index (Phi) is 6.08. The topological polar surface area (TPSA) is 98.8 Å². The summed E-state index contributed by atoms with van der Waals surface area (Å²) in [6.07, 6.45) is 3.61. The van der Waals surface area contributed by atoms with E-state index in [2.05, 4.69) is 41.0 Å². The minimum atomic E-state index is -0.0917. The van der Waals surface area contributed by atoms with Crippen molar-refractivity contribution in [2.45, 2.75) is 40.7 Å². The van der Waals surface area contributed by atoms with Crippen LogP contribution in [0.1, 0.15) is 31.9 Å².